The number of imidazole rings is 1. The minimum absolute atomic E-state index is 0.0727. The maximum Gasteiger partial charge on any atom is 0.434 e. The van der Waals surface area contributed by atoms with Gasteiger partial charge in [0.2, 0.25) is 0 Å². The summed E-state index contributed by atoms with van der Waals surface area (Å²) in [5.74, 6) is 0.523. The molecule has 2 amide bonds. The highest BCUT2D eigenvalue weighted by Crippen LogP contribution is 2.30. The van der Waals surface area contributed by atoms with Crippen LogP contribution < -0.4 is 5.32 Å². The maximum absolute atomic E-state index is 12.8. The molecule has 1 aliphatic rings. The molecule has 1 atom stereocenters. The molecule has 0 saturated carbocycles. The smallest absolute Gasteiger partial charge is 0.334 e. The lowest BCUT2D eigenvalue weighted by atomic mass is 9.99. The topological polar surface area (TPSA) is 63.1 Å². The molecule has 3 heterocycles. The molecule has 0 fully saturated rings. The summed E-state index contributed by atoms with van der Waals surface area (Å²) >= 11 is 0. The summed E-state index contributed by atoms with van der Waals surface area (Å²) in [5, 5.41) is 2.80. The van der Waals surface area contributed by atoms with Crippen LogP contribution in [-0.2, 0) is 19.1 Å². The summed E-state index contributed by atoms with van der Waals surface area (Å²) in [6.45, 7) is 2.74. The second-order valence-corrected chi connectivity index (χ2v) is 6.60. The van der Waals surface area contributed by atoms with E-state index in [9.17, 15) is 18.0 Å². The predicted molar refractivity (Wildman–Crippen MR) is 89.7 cm³/mol. The number of fused-ring (bicyclic) bond motifs is 1. The third-order valence-electron chi connectivity index (χ3n) is 4.54. The van der Waals surface area contributed by atoms with Crippen LogP contribution in [-0.4, -0.2) is 39.1 Å². The molecule has 26 heavy (non-hydrogen) atoms. The van der Waals surface area contributed by atoms with Crippen molar-refractivity contribution in [2.24, 2.45) is 5.92 Å². The Morgan fingerprint density at radius 3 is 2.92 bits per heavy atom. The number of rotatable bonds is 3. The molecule has 1 unspecified atom stereocenters. The van der Waals surface area contributed by atoms with E-state index in [-0.39, 0.29) is 11.9 Å². The molecule has 2 aromatic heterocycles. The number of aromatic nitrogens is 3. The maximum atomic E-state index is 12.8. The quantitative estimate of drug-likeness (QED) is 0.905. The van der Waals surface area contributed by atoms with E-state index in [1.54, 1.807) is 35.0 Å². The number of alkyl halides is 3. The molecule has 2 aromatic rings. The first-order valence-corrected chi connectivity index (χ1v) is 8.30. The zero-order chi connectivity index (χ0) is 18.9. The minimum Gasteiger partial charge on any atom is -0.334 e. The zero-order valence-corrected chi connectivity index (χ0v) is 14.5. The first-order valence-electron chi connectivity index (χ1n) is 8.30. The highest BCUT2D eigenvalue weighted by atomic mass is 19.4. The van der Waals surface area contributed by atoms with E-state index in [0.717, 1.165) is 11.8 Å². The van der Waals surface area contributed by atoms with Gasteiger partial charge in [-0.15, -0.1) is 0 Å². The van der Waals surface area contributed by atoms with Crippen molar-refractivity contribution < 1.29 is 18.0 Å². The molecule has 6 nitrogen and oxygen atoms in total. The Labute approximate surface area is 149 Å². The Morgan fingerprint density at radius 1 is 1.46 bits per heavy atom. The molecule has 0 radical (unpaired) electrons. The van der Waals surface area contributed by atoms with Crippen LogP contribution in [0.4, 0.5) is 23.7 Å². The van der Waals surface area contributed by atoms with Gasteiger partial charge in [-0.05, 0) is 30.9 Å². The summed E-state index contributed by atoms with van der Waals surface area (Å²) in [5.41, 5.74) is 0.688. The van der Waals surface area contributed by atoms with Gasteiger partial charge in [0.1, 0.15) is 5.82 Å². The summed E-state index contributed by atoms with van der Waals surface area (Å²) in [6.07, 6.45) is 1.02. The van der Waals surface area contributed by atoms with Gasteiger partial charge in [0.05, 0.1) is 11.9 Å². The van der Waals surface area contributed by atoms with Crippen molar-refractivity contribution >= 4 is 11.7 Å². The van der Waals surface area contributed by atoms with Crippen molar-refractivity contribution in [3.63, 3.8) is 0 Å². The third kappa shape index (κ3) is 3.97. The monoisotopic (exact) mass is 367 g/mol. The Bertz CT molecular complexity index is 802. The number of carbonyl (C=O) groups excluding carboxylic acids is 1. The molecule has 3 rings (SSSR count). The van der Waals surface area contributed by atoms with E-state index in [1.165, 1.54) is 0 Å². The number of hydrogen-bond donors (Lipinski definition) is 1. The van der Waals surface area contributed by atoms with Crippen LogP contribution in [0.15, 0.2) is 24.7 Å². The fourth-order valence-electron chi connectivity index (χ4n) is 3.08. The molecule has 0 saturated heterocycles. The lowest BCUT2D eigenvalue weighted by molar-refractivity contribution is -0.141. The fourth-order valence-corrected chi connectivity index (χ4v) is 3.08. The molecule has 0 bridgehead atoms. The number of anilines is 1. The number of aryl methyl sites for hydroxylation is 2. The number of amides is 2. The third-order valence-corrected chi connectivity index (χ3v) is 4.54. The number of nitrogens with one attached hydrogen (secondary N) is 1. The second kappa shape index (κ2) is 6.97. The summed E-state index contributed by atoms with van der Waals surface area (Å²) in [4.78, 5) is 21.5. The van der Waals surface area contributed by atoms with Gasteiger partial charge >= 0.3 is 12.2 Å². The Kier molecular flexibility index (Phi) is 4.88. The fraction of sp³-hybridized carbons (Fsp3) is 0.471. The molecule has 140 valence electrons. The van der Waals surface area contributed by atoms with Crippen molar-refractivity contribution in [1.29, 1.82) is 0 Å². The summed E-state index contributed by atoms with van der Waals surface area (Å²) in [7, 11) is 1.67. The van der Waals surface area contributed by atoms with E-state index >= 15 is 0 Å². The molecule has 1 N–H and O–H groups in total. The van der Waals surface area contributed by atoms with Gasteiger partial charge in [-0.2, -0.15) is 13.2 Å². The number of nitrogens with zero attached hydrogens (tertiary/aromatic N) is 4. The van der Waals surface area contributed by atoms with Gasteiger partial charge in [-0.1, -0.05) is 0 Å². The van der Waals surface area contributed by atoms with E-state index in [1.807, 2.05) is 6.92 Å². The first kappa shape index (κ1) is 18.2. The second-order valence-electron chi connectivity index (χ2n) is 6.60. The lowest BCUT2D eigenvalue weighted by Gasteiger charge is -2.28. The predicted octanol–water partition coefficient (Wildman–Crippen LogP) is 3.33. The summed E-state index contributed by atoms with van der Waals surface area (Å²) in [6, 6.07) is 1.53. The normalized spacial score (nSPS) is 16.9. The van der Waals surface area contributed by atoms with Crippen LogP contribution in [0.2, 0.25) is 0 Å². The van der Waals surface area contributed by atoms with Crippen LogP contribution in [0, 0.1) is 12.8 Å². The number of hydrogen-bond acceptors (Lipinski definition) is 3. The number of urea groups is 1. The van der Waals surface area contributed by atoms with Crippen LogP contribution >= 0.6 is 0 Å². The van der Waals surface area contributed by atoms with Gasteiger partial charge in [0.25, 0.3) is 0 Å². The molecule has 0 aliphatic carbocycles. The average molecular weight is 367 g/mol. The van der Waals surface area contributed by atoms with Gasteiger partial charge < -0.3 is 14.8 Å². The van der Waals surface area contributed by atoms with Crippen LogP contribution in [0.3, 0.4) is 0 Å². The van der Waals surface area contributed by atoms with Crippen LogP contribution in [0.1, 0.15) is 23.5 Å². The SMILES string of the molecule is Cc1ccncc1NC(=O)N(C)CC1CCc2nc(C(F)(F)F)cn2C1. The highest BCUT2D eigenvalue weighted by Gasteiger charge is 2.36. The average Bonchev–Trinajstić information content (AvgIpc) is 3.00. The van der Waals surface area contributed by atoms with Crippen molar-refractivity contribution in [2.75, 3.05) is 18.9 Å². The van der Waals surface area contributed by atoms with Gasteiger partial charge in [-0.3, -0.25) is 4.98 Å². The van der Waals surface area contributed by atoms with E-state index in [0.29, 0.717) is 37.4 Å². The molecule has 0 aromatic carbocycles. The van der Waals surface area contributed by atoms with Crippen molar-refractivity contribution in [3.05, 3.63) is 41.7 Å². The van der Waals surface area contributed by atoms with E-state index < -0.39 is 11.9 Å². The largest absolute Gasteiger partial charge is 0.434 e. The van der Waals surface area contributed by atoms with Crippen molar-refractivity contribution in [3.8, 4) is 0 Å². The summed E-state index contributed by atoms with van der Waals surface area (Å²) < 4.78 is 39.9. The van der Waals surface area contributed by atoms with E-state index in [2.05, 4.69) is 15.3 Å². The van der Waals surface area contributed by atoms with Gasteiger partial charge in [0, 0.05) is 39.0 Å². The molecule has 1 aliphatic heterocycles. The zero-order valence-electron chi connectivity index (χ0n) is 14.5. The minimum atomic E-state index is -4.43. The molecule has 9 heteroatoms. The standard InChI is InChI=1S/C17H20F3N5O/c1-11-5-6-21-7-13(11)22-16(26)24(2)8-12-3-4-15-23-14(17(18,19)20)10-25(15)9-12/h5-7,10,12H,3-4,8-9H2,1-2H3,(H,22,26). The Morgan fingerprint density at radius 2 is 2.23 bits per heavy atom. The first-order chi connectivity index (χ1) is 12.2. The Hall–Kier alpha value is -2.58. The number of pyridine rings is 1. The lowest BCUT2D eigenvalue weighted by Crippen LogP contribution is -2.38. The van der Waals surface area contributed by atoms with E-state index in [4.69, 9.17) is 0 Å². The van der Waals surface area contributed by atoms with Gasteiger partial charge in [-0.25, -0.2) is 9.78 Å². The molecular weight excluding hydrogens is 347 g/mol. The van der Waals surface area contributed by atoms with Crippen LogP contribution in [0.25, 0.3) is 0 Å². The highest BCUT2D eigenvalue weighted by molar-refractivity contribution is 5.89. The van der Waals surface area contributed by atoms with Crippen molar-refractivity contribution in [1.82, 2.24) is 19.4 Å². The van der Waals surface area contributed by atoms with Crippen LogP contribution in [0.5, 0.6) is 0 Å². The number of carbonyl (C=O) groups is 1. The van der Waals surface area contributed by atoms with Crippen molar-refractivity contribution in [2.45, 2.75) is 32.5 Å². The van der Waals surface area contributed by atoms with Gasteiger partial charge in [0.15, 0.2) is 5.69 Å². The Balaban J connectivity index is 1.60. The molecular formula is C17H20F3N5O. The molecule has 0 spiro atoms. The number of halogens is 3.